The molecular weight excluding hydrogens is 397 g/mol. The number of carbonyl (C=O) groups is 1. The van der Waals surface area contributed by atoms with Crippen molar-refractivity contribution < 1.29 is 22.7 Å². The van der Waals surface area contributed by atoms with Crippen molar-refractivity contribution in [1.29, 1.82) is 0 Å². The highest BCUT2D eigenvalue weighted by atomic mass is 19.4. The second-order valence-electron chi connectivity index (χ2n) is 7.66. The van der Waals surface area contributed by atoms with Crippen LogP contribution in [-0.4, -0.2) is 50.3 Å². The van der Waals surface area contributed by atoms with Crippen LogP contribution in [0.15, 0.2) is 29.3 Å². The molecule has 1 aliphatic carbocycles. The van der Waals surface area contributed by atoms with Crippen LogP contribution in [0.1, 0.15) is 39.0 Å². The summed E-state index contributed by atoms with van der Waals surface area (Å²) in [5.74, 6) is -0.131. The third kappa shape index (κ3) is 5.79. The summed E-state index contributed by atoms with van der Waals surface area (Å²) in [5, 5.41) is 6.26. The van der Waals surface area contributed by atoms with Gasteiger partial charge in [0.25, 0.3) is 5.91 Å². The second kappa shape index (κ2) is 10.0. The normalized spacial score (nSPS) is 22.3. The molecule has 0 saturated heterocycles. The lowest BCUT2D eigenvalue weighted by atomic mass is 9.85. The van der Waals surface area contributed by atoms with Gasteiger partial charge in [0.05, 0.1) is 11.6 Å². The molecule has 1 heterocycles. The summed E-state index contributed by atoms with van der Waals surface area (Å²) in [4.78, 5) is 18.4. The van der Waals surface area contributed by atoms with Crippen LogP contribution >= 0.6 is 0 Å². The van der Waals surface area contributed by atoms with Crippen LogP contribution in [0.3, 0.4) is 0 Å². The fraction of sp³-hybridized carbons (Fsp3) is 0.619. The number of ether oxygens (including phenoxy) is 1. The SMILES string of the molecule is CCNC(=NCCCN1C(=O)COc2ccccc21)NC1CCCC(C(F)(F)F)C1. The maximum absolute atomic E-state index is 13.0. The van der Waals surface area contributed by atoms with Crippen molar-refractivity contribution in [3.63, 3.8) is 0 Å². The summed E-state index contributed by atoms with van der Waals surface area (Å²) in [6.45, 7) is 3.52. The molecule has 0 spiro atoms. The number of rotatable bonds is 6. The van der Waals surface area contributed by atoms with Crippen LogP contribution < -0.4 is 20.3 Å². The Kier molecular flexibility index (Phi) is 7.44. The van der Waals surface area contributed by atoms with Gasteiger partial charge < -0.3 is 20.3 Å². The fourth-order valence-corrected chi connectivity index (χ4v) is 3.95. The van der Waals surface area contributed by atoms with Crippen molar-refractivity contribution in [2.75, 3.05) is 31.1 Å². The van der Waals surface area contributed by atoms with E-state index in [1.54, 1.807) is 4.90 Å². The Labute approximate surface area is 174 Å². The minimum Gasteiger partial charge on any atom is -0.482 e. The van der Waals surface area contributed by atoms with E-state index in [0.717, 1.165) is 5.69 Å². The Morgan fingerprint density at radius 3 is 2.87 bits per heavy atom. The average Bonchev–Trinajstić information content (AvgIpc) is 2.72. The van der Waals surface area contributed by atoms with E-state index in [-0.39, 0.29) is 31.4 Å². The smallest absolute Gasteiger partial charge is 0.391 e. The Balaban J connectivity index is 1.53. The zero-order valence-corrected chi connectivity index (χ0v) is 17.2. The molecule has 1 aliphatic heterocycles. The van der Waals surface area contributed by atoms with Gasteiger partial charge in [-0.2, -0.15) is 13.2 Å². The van der Waals surface area contributed by atoms with E-state index in [1.807, 2.05) is 31.2 Å². The maximum atomic E-state index is 13.0. The predicted molar refractivity (Wildman–Crippen MR) is 110 cm³/mol. The fourth-order valence-electron chi connectivity index (χ4n) is 3.95. The van der Waals surface area contributed by atoms with Crippen molar-refractivity contribution in [3.8, 4) is 5.75 Å². The van der Waals surface area contributed by atoms with Gasteiger partial charge in [-0.1, -0.05) is 18.6 Å². The van der Waals surface area contributed by atoms with Crippen LogP contribution in [0.25, 0.3) is 0 Å². The lowest BCUT2D eigenvalue weighted by molar-refractivity contribution is -0.183. The molecule has 2 unspecified atom stereocenters. The second-order valence-corrected chi connectivity index (χ2v) is 7.66. The van der Waals surface area contributed by atoms with Gasteiger partial charge in [0.15, 0.2) is 12.6 Å². The topological polar surface area (TPSA) is 66.0 Å². The van der Waals surface area contributed by atoms with Crippen molar-refractivity contribution >= 4 is 17.6 Å². The first-order valence-electron chi connectivity index (χ1n) is 10.5. The number of aliphatic imine (C=N–C) groups is 1. The number of para-hydroxylation sites is 2. The molecule has 0 radical (unpaired) electrons. The Morgan fingerprint density at radius 1 is 1.30 bits per heavy atom. The molecule has 1 amide bonds. The Morgan fingerprint density at radius 2 is 2.10 bits per heavy atom. The molecule has 1 aromatic rings. The monoisotopic (exact) mass is 426 g/mol. The third-order valence-electron chi connectivity index (χ3n) is 5.44. The molecule has 0 aromatic heterocycles. The van der Waals surface area contributed by atoms with Gasteiger partial charge in [-0.3, -0.25) is 9.79 Å². The van der Waals surface area contributed by atoms with Crippen molar-refractivity contribution in [2.24, 2.45) is 10.9 Å². The predicted octanol–water partition coefficient (Wildman–Crippen LogP) is 3.48. The van der Waals surface area contributed by atoms with E-state index in [0.29, 0.717) is 50.6 Å². The summed E-state index contributed by atoms with van der Waals surface area (Å²) in [7, 11) is 0. The molecule has 1 fully saturated rings. The first-order valence-corrected chi connectivity index (χ1v) is 10.5. The zero-order valence-electron chi connectivity index (χ0n) is 17.2. The molecule has 6 nitrogen and oxygen atoms in total. The van der Waals surface area contributed by atoms with Gasteiger partial charge in [-0.25, -0.2) is 0 Å². The van der Waals surface area contributed by atoms with Gasteiger partial charge >= 0.3 is 6.18 Å². The maximum Gasteiger partial charge on any atom is 0.391 e. The quantitative estimate of drug-likeness (QED) is 0.415. The number of fused-ring (bicyclic) bond motifs is 1. The van der Waals surface area contributed by atoms with E-state index in [1.165, 1.54) is 0 Å². The van der Waals surface area contributed by atoms with Gasteiger partial charge in [-0.15, -0.1) is 0 Å². The Bertz CT molecular complexity index is 754. The number of benzene rings is 1. The lowest BCUT2D eigenvalue weighted by Crippen LogP contribution is -2.47. The molecule has 0 bridgehead atoms. The molecular formula is C21H29F3N4O2. The summed E-state index contributed by atoms with van der Waals surface area (Å²) in [5.41, 5.74) is 0.753. The average molecular weight is 426 g/mol. The van der Waals surface area contributed by atoms with Gasteiger partial charge in [0, 0.05) is 25.7 Å². The summed E-state index contributed by atoms with van der Waals surface area (Å²) in [6, 6.07) is 7.16. The van der Waals surface area contributed by atoms with Gasteiger partial charge in [0.2, 0.25) is 0 Å². The highest BCUT2D eigenvalue weighted by molar-refractivity contribution is 5.97. The van der Waals surface area contributed by atoms with Crippen LogP contribution in [-0.2, 0) is 4.79 Å². The van der Waals surface area contributed by atoms with E-state index in [4.69, 9.17) is 4.74 Å². The number of carbonyl (C=O) groups excluding carboxylic acids is 1. The number of nitrogens with zero attached hydrogens (tertiary/aromatic N) is 2. The van der Waals surface area contributed by atoms with Gasteiger partial charge in [0.1, 0.15) is 5.75 Å². The first-order chi connectivity index (χ1) is 14.4. The molecule has 30 heavy (non-hydrogen) atoms. The minimum absolute atomic E-state index is 0.0204. The molecule has 1 saturated carbocycles. The molecule has 2 aliphatic rings. The number of hydrogen-bond donors (Lipinski definition) is 2. The first kappa shape index (κ1) is 22.2. The standard InChI is InChI=1S/C21H29F3N4O2/c1-2-25-20(27-16-8-5-7-15(13-16)21(22,23)24)26-11-6-12-28-17-9-3-4-10-18(17)30-14-19(28)29/h3-4,9-10,15-16H,2,5-8,11-14H2,1H3,(H2,25,26,27). The number of anilines is 1. The number of nitrogens with one attached hydrogen (secondary N) is 2. The highest BCUT2D eigenvalue weighted by Crippen LogP contribution is 2.37. The highest BCUT2D eigenvalue weighted by Gasteiger charge is 2.42. The van der Waals surface area contributed by atoms with Crippen LogP contribution in [0.2, 0.25) is 0 Å². The Hall–Kier alpha value is -2.45. The molecule has 1 aromatic carbocycles. The summed E-state index contributed by atoms with van der Waals surface area (Å²) < 4.78 is 44.6. The number of hydrogen-bond acceptors (Lipinski definition) is 3. The van der Waals surface area contributed by atoms with Crippen LogP contribution in [0.4, 0.5) is 18.9 Å². The molecule has 9 heteroatoms. The number of halogens is 3. The summed E-state index contributed by atoms with van der Waals surface area (Å²) >= 11 is 0. The minimum atomic E-state index is -4.14. The molecule has 3 rings (SSSR count). The molecule has 2 N–H and O–H groups in total. The van der Waals surface area contributed by atoms with E-state index < -0.39 is 12.1 Å². The van der Waals surface area contributed by atoms with Crippen molar-refractivity contribution in [3.05, 3.63) is 24.3 Å². The molecule has 2 atom stereocenters. The zero-order chi connectivity index (χ0) is 21.6. The summed E-state index contributed by atoms with van der Waals surface area (Å²) in [6.07, 6.45) is -1.98. The van der Waals surface area contributed by atoms with E-state index in [9.17, 15) is 18.0 Å². The number of guanidine groups is 1. The largest absolute Gasteiger partial charge is 0.482 e. The van der Waals surface area contributed by atoms with E-state index in [2.05, 4.69) is 15.6 Å². The van der Waals surface area contributed by atoms with E-state index >= 15 is 0 Å². The third-order valence-corrected chi connectivity index (χ3v) is 5.44. The van der Waals surface area contributed by atoms with Crippen LogP contribution in [0, 0.1) is 5.92 Å². The number of amides is 1. The molecule has 166 valence electrons. The van der Waals surface area contributed by atoms with Crippen molar-refractivity contribution in [2.45, 2.75) is 51.2 Å². The number of alkyl halides is 3. The van der Waals surface area contributed by atoms with Crippen molar-refractivity contribution in [1.82, 2.24) is 10.6 Å². The van der Waals surface area contributed by atoms with Gasteiger partial charge in [-0.05, 0) is 44.7 Å². The van der Waals surface area contributed by atoms with Crippen LogP contribution in [0.5, 0.6) is 5.75 Å². The lowest BCUT2D eigenvalue weighted by Gasteiger charge is -2.32.